The van der Waals surface area contributed by atoms with Crippen molar-refractivity contribution in [2.75, 3.05) is 19.7 Å². The zero-order valence-electron chi connectivity index (χ0n) is 7.73. The van der Waals surface area contributed by atoms with Crippen LogP contribution in [0.2, 0.25) is 0 Å². The van der Waals surface area contributed by atoms with Crippen LogP contribution in [-0.2, 0) is 4.74 Å². The topological polar surface area (TPSA) is 12.5 Å². The van der Waals surface area contributed by atoms with Crippen molar-refractivity contribution in [2.45, 2.75) is 4.11 Å². The Bertz CT molecular complexity index is 299. The largest absolute Gasteiger partial charge is 0.372 e. The Morgan fingerprint density at radius 1 is 1.64 bits per heavy atom. The van der Waals surface area contributed by atoms with Crippen molar-refractivity contribution in [3.8, 4) is 0 Å². The van der Waals surface area contributed by atoms with Crippen molar-refractivity contribution < 1.29 is 4.74 Å². The van der Waals surface area contributed by atoms with Crippen LogP contribution < -0.4 is 0 Å². The van der Waals surface area contributed by atoms with Crippen LogP contribution in [0, 0.1) is 0 Å². The van der Waals surface area contributed by atoms with Gasteiger partial charge in [0.2, 0.25) is 0 Å². The number of alkyl halides is 1. The first-order valence-corrected chi connectivity index (χ1v) is 6.73. The lowest BCUT2D eigenvalue weighted by atomic mass is 10.3. The van der Waals surface area contributed by atoms with Gasteiger partial charge in [-0.1, -0.05) is 0 Å². The molecule has 0 aliphatic carbocycles. The number of ether oxygens (including phenoxy) is 1. The van der Waals surface area contributed by atoms with Gasteiger partial charge in [-0.15, -0.1) is 0 Å². The van der Waals surface area contributed by atoms with E-state index in [0.29, 0.717) is 4.11 Å². The van der Waals surface area contributed by atoms with Crippen molar-refractivity contribution >= 4 is 40.0 Å². The summed E-state index contributed by atoms with van der Waals surface area (Å²) in [4.78, 5) is 2.30. The summed E-state index contributed by atoms with van der Waals surface area (Å²) in [5.41, 5.74) is 1.28. The molecule has 2 nitrogen and oxygen atoms in total. The maximum Gasteiger partial charge on any atom is 0.126 e. The lowest BCUT2D eigenvalue weighted by Gasteiger charge is -2.28. The highest BCUT2D eigenvalue weighted by molar-refractivity contribution is 14.1. The zero-order chi connectivity index (χ0) is 9.80. The second-order valence-corrected chi connectivity index (χ2v) is 5.32. The predicted octanol–water partition coefficient (Wildman–Crippen LogP) is 2.81. The summed E-state index contributed by atoms with van der Waals surface area (Å²) in [6, 6.07) is 2.13. The summed E-state index contributed by atoms with van der Waals surface area (Å²) in [6.45, 7) is 2.82. The van der Waals surface area contributed by atoms with Gasteiger partial charge < -0.3 is 9.64 Å². The molecule has 1 unspecified atom stereocenters. The molecule has 0 saturated carbocycles. The number of halogens is 1. The maximum absolute atomic E-state index is 5.46. The standard InChI is InChI=1S/C10H12INOS/c11-10-7-12(4-5-13-10)3-1-9-2-6-14-8-9/h1-3,6,8,10H,4-5,7H2. The molecule has 1 aliphatic rings. The first-order chi connectivity index (χ1) is 6.84. The van der Waals surface area contributed by atoms with Gasteiger partial charge in [0, 0.05) is 6.54 Å². The van der Waals surface area contributed by atoms with Gasteiger partial charge in [-0.25, -0.2) is 0 Å². The summed E-state index contributed by atoms with van der Waals surface area (Å²) in [5, 5.41) is 4.25. The SMILES string of the molecule is IC1CN(C=Cc2ccsc2)CCO1. The van der Waals surface area contributed by atoms with Crippen LogP contribution in [0.5, 0.6) is 0 Å². The zero-order valence-corrected chi connectivity index (χ0v) is 10.7. The molecule has 2 heterocycles. The quantitative estimate of drug-likeness (QED) is 0.613. The van der Waals surface area contributed by atoms with Crippen LogP contribution in [0.4, 0.5) is 0 Å². The number of hydrogen-bond donors (Lipinski definition) is 0. The first-order valence-electron chi connectivity index (χ1n) is 4.55. The molecule has 4 heteroatoms. The summed E-state index contributed by atoms with van der Waals surface area (Å²) in [7, 11) is 0. The number of hydrogen-bond acceptors (Lipinski definition) is 3. The number of thiophene rings is 1. The molecule has 76 valence electrons. The van der Waals surface area contributed by atoms with E-state index in [9.17, 15) is 0 Å². The van der Waals surface area contributed by atoms with Crippen LogP contribution in [0.1, 0.15) is 5.56 Å². The van der Waals surface area contributed by atoms with E-state index in [1.54, 1.807) is 11.3 Å². The van der Waals surface area contributed by atoms with Crippen molar-refractivity contribution in [1.82, 2.24) is 4.90 Å². The van der Waals surface area contributed by atoms with E-state index in [1.807, 2.05) is 0 Å². The summed E-state index contributed by atoms with van der Waals surface area (Å²) in [6.07, 6.45) is 4.32. The summed E-state index contributed by atoms with van der Waals surface area (Å²) in [5.74, 6) is 0. The van der Waals surface area contributed by atoms with E-state index in [2.05, 4.69) is 56.6 Å². The molecule has 0 bridgehead atoms. The van der Waals surface area contributed by atoms with Gasteiger partial charge >= 0.3 is 0 Å². The number of morpholine rings is 1. The molecule has 1 aromatic heterocycles. The lowest BCUT2D eigenvalue weighted by Crippen LogP contribution is -2.36. The normalized spacial score (nSPS) is 23.2. The number of rotatable bonds is 2. The van der Waals surface area contributed by atoms with Crippen molar-refractivity contribution in [1.29, 1.82) is 0 Å². The third-order valence-electron chi connectivity index (χ3n) is 2.08. The monoisotopic (exact) mass is 321 g/mol. The van der Waals surface area contributed by atoms with Gasteiger partial charge in [-0.3, -0.25) is 0 Å². The number of nitrogens with zero attached hydrogens (tertiary/aromatic N) is 1. The van der Waals surface area contributed by atoms with E-state index in [-0.39, 0.29) is 0 Å². The second kappa shape index (κ2) is 5.14. The van der Waals surface area contributed by atoms with Gasteiger partial charge in [0.25, 0.3) is 0 Å². The predicted molar refractivity (Wildman–Crippen MR) is 68.7 cm³/mol. The van der Waals surface area contributed by atoms with Crippen LogP contribution in [0.3, 0.4) is 0 Å². The molecular weight excluding hydrogens is 309 g/mol. The molecule has 0 radical (unpaired) electrons. The Morgan fingerprint density at radius 2 is 2.57 bits per heavy atom. The van der Waals surface area contributed by atoms with Gasteiger partial charge in [0.1, 0.15) is 4.11 Å². The maximum atomic E-state index is 5.46. The molecule has 0 N–H and O–H groups in total. The molecule has 0 spiro atoms. The third kappa shape index (κ3) is 2.96. The molecule has 14 heavy (non-hydrogen) atoms. The Hall–Kier alpha value is -0.0700. The third-order valence-corrected chi connectivity index (χ3v) is 3.53. The van der Waals surface area contributed by atoms with Crippen LogP contribution >= 0.6 is 33.9 Å². The smallest absolute Gasteiger partial charge is 0.126 e. The first kappa shape index (κ1) is 10.4. The van der Waals surface area contributed by atoms with E-state index in [1.165, 1.54) is 5.56 Å². The van der Waals surface area contributed by atoms with Gasteiger partial charge in [-0.05, 0) is 57.3 Å². The molecule has 1 aromatic rings. The Kier molecular flexibility index (Phi) is 3.83. The Balaban J connectivity index is 1.90. The van der Waals surface area contributed by atoms with E-state index in [4.69, 9.17) is 4.74 Å². The lowest BCUT2D eigenvalue weighted by molar-refractivity contribution is 0.0477. The molecule has 0 amide bonds. The fourth-order valence-electron chi connectivity index (χ4n) is 1.32. The van der Waals surface area contributed by atoms with E-state index < -0.39 is 0 Å². The fraction of sp³-hybridized carbons (Fsp3) is 0.400. The van der Waals surface area contributed by atoms with E-state index >= 15 is 0 Å². The van der Waals surface area contributed by atoms with Gasteiger partial charge in [0.05, 0.1) is 13.2 Å². The van der Waals surface area contributed by atoms with Gasteiger partial charge in [-0.2, -0.15) is 11.3 Å². The van der Waals surface area contributed by atoms with Crippen LogP contribution in [0.25, 0.3) is 6.08 Å². The van der Waals surface area contributed by atoms with Gasteiger partial charge in [0.15, 0.2) is 0 Å². The van der Waals surface area contributed by atoms with E-state index in [0.717, 1.165) is 19.7 Å². The minimum atomic E-state index is 0.327. The Morgan fingerprint density at radius 3 is 3.29 bits per heavy atom. The molecule has 1 atom stereocenters. The minimum absolute atomic E-state index is 0.327. The van der Waals surface area contributed by atoms with Crippen molar-refractivity contribution in [3.05, 3.63) is 28.6 Å². The summed E-state index contributed by atoms with van der Waals surface area (Å²) >= 11 is 4.06. The molecular formula is C10H12INOS. The highest BCUT2D eigenvalue weighted by atomic mass is 127. The average Bonchev–Trinajstić information content (AvgIpc) is 2.67. The molecule has 1 fully saturated rings. The Labute approximate surface area is 102 Å². The molecule has 0 aromatic carbocycles. The summed E-state index contributed by atoms with van der Waals surface area (Å²) < 4.78 is 5.79. The molecule has 1 aliphatic heterocycles. The average molecular weight is 321 g/mol. The van der Waals surface area contributed by atoms with Crippen LogP contribution in [0.15, 0.2) is 23.0 Å². The molecule has 1 saturated heterocycles. The minimum Gasteiger partial charge on any atom is -0.372 e. The van der Waals surface area contributed by atoms with Crippen LogP contribution in [-0.4, -0.2) is 28.7 Å². The molecule has 2 rings (SSSR count). The second-order valence-electron chi connectivity index (χ2n) is 3.15. The van der Waals surface area contributed by atoms with Crippen molar-refractivity contribution in [2.24, 2.45) is 0 Å². The highest BCUT2D eigenvalue weighted by Crippen LogP contribution is 2.13. The fourth-order valence-corrected chi connectivity index (χ4v) is 2.71. The van der Waals surface area contributed by atoms with Crippen molar-refractivity contribution in [3.63, 3.8) is 0 Å². The highest BCUT2D eigenvalue weighted by Gasteiger charge is 2.14.